The summed E-state index contributed by atoms with van der Waals surface area (Å²) in [4.78, 5) is 158. The van der Waals surface area contributed by atoms with Gasteiger partial charge in [-0.2, -0.15) is 11.8 Å². The van der Waals surface area contributed by atoms with Crippen LogP contribution >= 0.6 is 11.8 Å². The number of hydrogen-bond donors (Lipinski definition) is 12. The Kier molecular flexibility index (Phi) is 23.6. The topological polar surface area (TPSA) is 403 Å². The minimum absolute atomic E-state index is 0.0721. The highest BCUT2D eigenvalue weighted by Crippen LogP contribution is 2.14. The summed E-state index contributed by atoms with van der Waals surface area (Å²) in [5.41, 5.74) is 16.4. The van der Waals surface area contributed by atoms with Crippen LogP contribution in [0.4, 0.5) is 0 Å². The number of likely N-dealkylation sites (N-methyl/N-ethyl adjacent to an activating group) is 1. The first kappa shape index (κ1) is 56.1. The van der Waals surface area contributed by atoms with E-state index in [1.807, 2.05) is 0 Å². The van der Waals surface area contributed by atoms with Crippen molar-refractivity contribution in [2.24, 2.45) is 23.1 Å². The molecule has 0 aliphatic carbocycles. The molecule has 1 aromatic carbocycles. The van der Waals surface area contributed by atoms with Crippen molar-refractivity contribution in [3.8, 4) is 5.75 Å². The molecule has 0 bridgehead atoms. The summed E-state index contributed by atoms with van der Waals surface area (Å²) < 4.78 is 0. The highest BCUT2D eigenvalue weighted by Gasteiger charge is 2.36. The van der Waals surface area contributed by atoms with E-state index in [9.17, 15) is 62.6 Å². The monoisotopic (exact) mass is 962 g/mol. The first-order chi connectivity index (χ1) is 31.5. The van der Waals surface area contributed by atoms with E-state index in [1.165, 1.54) is 43.1 Å². The smallest absolute Gasteiger partial charge is 0.245 e. The summed E-state index contributed by atoms with van der Waals surface area (Å²) >= 11 is 1.37. The van der Waals surface area contributed by atoms with Crippen molar-refractivity contribution in [3.63, 3.8) is 0 Å². The maximum Gasteiger partial charge on any atom is 0.245 e. The third kappa shape index (κ3) is 20.4. The van der Waals surface area contributed by atoms with Gasteiger partial charge in [0.05, 0.1) is 26.1 Å². The second-order valence-corrected chi connectivity index (χ2v) is 16.8. The lowest BCUT2D eigenvalue weighted by Crippen LogP contribution is -2.61. The first-order valence-electron chi connectivity index (χ1n) is 21.3. The number of phenols is 1. The van der Waals surface area contributed by atoms with Crippen LogP contribution in [-0.2, 0) is 64.0 Å². The van der Waals surface area contributed by atoms with E-state index in [-0.39, 0.29) is 18.6 Å². The number of nitrogens with one attached hydrogen (secondary N) is 8. The number of nitrogens with two attached hydrogens (primary N) is 3. The summed E-state index contributed by atoms with van der Waals surface area (Å²) in [6.07, 6.45) is -0.718. The van der Waals surface area contributed by atoms with Crippen LogP contribution in [0.2, 0.25) is 0 Å². The average molecular weight is 963 g/mol. The molecule has 1 saturated heterocycles. The van der Waals surface area contributed by atoms with Crippen LogP contribution in [0.5, 0.6) is 5.75 Å². The van der Waals surface area contributed by atoms with Gasteiger partial charge in [0.2, 0.25) is 70.9 Å². The quantitative estimate of drug-likeness (QED) is 0.0617. The number of primary amides is 3. The standard InChI is InChI=1S/C41H62N12O13S/c1-5-21(2)35-40(65)49-24(10-12-29(42)55)37(62)51-28(17-30(43)56)38(63)50-26(41(66)53(3)20-34(60)47-25(14-15-67-4)36(61)46-18-31(44)57)11-13-32(58)45-19-33(59)48-27(39(64)52-35)16-22-6-8-23(54)9-7-22/h6-9,21,24-28,35,54H,5,10-20H2,1-4H3,(H2,42,55)(H2,43,56)(H2,44,57)(H,45,58)(H,46,61)(H,47,60)(H,48,59)(H,49,65)(H,50,63)(H,51,62)(H,52,64). The van der Waals surface area contributed by atoms with Crippen LogP contribution in [0.15, 0.2) is 24.3 Å². The van der Waals surface area contributed by atoms with Crippen LogP contribution in [0.1, 0.15) is 64.4 Å². The van der Waals surface area contributed by atoms with Gasteiger partial charge in [-0.3, -0.25) is 57.5 Å². The molecule has 15 N–H and O–H groups in total. The first-order valence-corrected chi connectivity index (χ1v) is 22.7. The van der Waals surface area contributed by atoms with Crippen LogP contribution in [0, 0.1) is 5.92 Å². The molecule has 1 aliphatic heterocycles. The molecule has 0 spiro atoms. The van der Waals surface area contributed by atoms with Crippen molar-refractivity contribution in [2.75, 3.05) is 38.7 Å². The molecule has 25 nitrogen and oxygen atoms in total. The fourth-order valence-corrected chi connectivity index (χ4v) is 6.92. The zero-order chi connectivity index (χ0) is 50.4. The lowest BCUT2D eigenvalue weighted by Gasteiger charge is -2.29. The third-order valence-electron chi connectivity index (χ3n) is 10.3. The lowest BCUT2D eigenvalue weighted by atomic mass is 9.96. The molecular weight excluding hydrogens is 901 g/mol. The zero-order valence-electron chi connectivity index (χ0n) is 37.8. The molecule has 1 aliphatic rings. The molecule has 1 aromatic rings. The Labute approximate surface area is 390 Å². The maximum absolute atomic E-state index is 14.0. The molecule has 12 amide bonds. The molecule has 370 valence electrons. The predicted molar refractivity (Wildman–Crippen MR) is 240 cm³/mol. The molecule has 0 radical (unpaired) electrons. The Morgan fingerprint density at radius 1 is 0.821 bits per heavy atom. The van der Waals surface area contributed by atoms with Gasteiger partial charge in [-0.1, -0.05) is 32.4 Å². The van der Waals surface area contributed by atoms with Crippen molar-refractivity contribution in [1.29, 1.82) is 0 Å². The summed E-state index contributed by atoms with van der Waals surface area (Å²) in [6.45, 7) is 1.46. The van der Waals surface area contributed by atoms with Crippen molar-refractivity contribution >= 4 is 82.6 Å². The SMILES string of the molecule is CCC(C)C1NC(=O)C(Cc2ccc(O)cc2)NC(=O)CNC(=O)CCC(C(=O)N(C)CC(=O)NC(CCSC)C(=O)NCC(N)=O)NC(=O)C(CC(N)=O)NC(=O)C(CCC(N)=O)NC1=O. The van der Waals surface area contributed by atoms with E-state index in [4.69, 9.17) is 17.2 Å². The van der Waals surface area contributed by atoms with E-state index in [0.717, 1.165) is 4.90 Å². The number of amides is 12. The van der Waals surface area contributed by atoms with Gasteiger partial charge in [-0.15, -0.1) is 0 Å². The number of benzene rings is 1. The summed E-state index contributed by atoms with van der Waals surface area (Å²) in [5.74, 6) is -11.3. The summed E-state index contributed by atoms with van der Waals surface area (Å²) in [5, 5.41) is 29.3. The van der Waals surface area contributed by atoms with Gasteiger partial charge in [0.15, 0.2) is 0 Å². The Hall–Kier alpha value is -6.99. The highest BCUT2D eigenvalue weighted by atomic mass is 32.2. The maximum atomic E-state index is 14.0. The van der Waals surface area contributed by atoms with Gasteiger partial charge in [-0.25, -0.2) is 0 Å². The number of aromatic hydroxyl groups is 1. The lowest BCUT2D eigenvalue weighted by molar-refractivity contribution is -0.140. The Bertz CT molecular complexity index is 1990. The number of thioether (sulfide) groups is 1. The van der Waals surface area contributed by atoms with Crippen molar-refractivity contribution < 1.29 is 62.6 Å². The van der Waals surface area contributed by atoms with Crippen LogP contribution < -0.4 is 59.7 Å². The Morgan fingerprint density at radius 3 is 2.04 bits per heavy atom. The number of carbonyl (C=O) groups is 12. The average Bonchev–Trinajstić information content (AvgIpc) is 3.26. The molecular formula is C41H62N12O13S. The van der Waals surface area contributed by atoms with Crippen LogP contribution in [-0.4, -0.2) is 156 Å². The van der Waals surface area contributed by atoms with E-state index in [0.29, 0.717) is 17.7 Å². The number of phenolic OH excluding ortho intramolecular Hbond substituents is 1. The Morgan fingerprint density at radius 2 is 1.45 bits per heavy atom. The van der Waals surface area contributed by atoms with Crippen LogP contribution in [0.25, 0.3) is 0 Å². The molecule has 26 heteroatoms. The van der Waals surface area contributed by atoms with Gasteiger partial charge >= 0.3 is 0 Å². The third-order valence-corrected chi connectivity index (χ3v) is 11.0. The van der Waals surface area contributed by atoms with Gasteiger partial charge in [0.25, 0.3) is 0 Å². The highest BCUT2D eigenvalue weighted by molar-refractivity contribution is 7.98. The molecule has 0 aromatic heterocycles. The van der Waals surface area contributed by atoms with E-state index >= 15 is 0 Å². The van der Waals surface area contributed by atoms with E-state index in [2.05, 4.69) is 42.5 Å². The summed E-state index contributed by atoms with van der Waals surface area (Å²) in [6, 6.07) is -3.26. The van der Waals surface area contributed by atoms with Crippen molar-refractivity contribution in [2.45, 2.75) is 101 Å². The molecule has 67 heavy (non-hydrogen) atoms. The zero-order valence-corrected chi connectivity index (χ0v) is 38.6. The van der Waals surface area contributed by atoms with Gasteiger partial charge in [-0.05, 0) is 54.9 Å². The van der Waals surface area contributed by atoms with E-state index in [1.54, 1.807) is 20.1 Å². The molecule has 7 atom stereocenters. The van der Waals surface area contributed by atoms with Crippen LogP contribution in [0.3, 0.4) is 0 Å². The summed E-state index contributed by atoms with van der Waals surface area (Å²) in [7, 11) is 1.17. The number of rotatable bonds is 19. The molecule has 1 fully saturated rings. The predicted octanol–water partition coefficient (Wildman–Crippen LogP) is -5.25. The molecule has 1 heterocycles. The second kappa shape index (κ2) is 28.1. The molecule has 0 saturated carbocycles. The second-order valence-electron chi connectivity index (χ2n) is 15.8. The van der Waals surface area contributed by atoms with Crippen molar-refractivity contribution in [3.05, 3.63) is 29.8 Å². The minimum atomic E-state index is -1.83. The van der Waals surface area contributed by atoms with Gasteiger partial charge in [0, 0.05) is 26.3 Å². The minimum Gasteiger partial charge on any atom is -0.508 e. The molecule has 2 rings (SSSR count). The molecule has 7 unspecified atom stereocenters. The number of nitrogens with zero attached hydrogens (tertiary/aromatic N) is 1. The normalized spacial score (nSPS) is 21.0. The van der Waals surface area contributed by atoms with E-state index < -0.39 is 165 Å². The Balaban J connectivity index is 2.58. The van der Waals surface area contributed by atoms with Gasteiger partial charge in [0.1, 0.15) is 42.0 Å². The largest absolute Gasteiger partial charge is 0.508 e. The van der Waals surface area contributed by atoms with Crippen molar-refractivity contribution in [1.82, 2.24) is 47.4 Å². The number of hydrogen-bond acceptors (Lipinski definition) is 14. The fraction of sp³-hybridized carbons (Fsp3) is 0.561. The van der Waals surface area contributed by atoms with Gasteiger partial charge < -0.3 is 69.7 Å². The fourth-order valence-electron chi connectivity index (χ4n) is 6.45. The number of carbonyl (C=O) groups excluding carboxylic acids is 12.